The molecule has 0 heterocycles. The van der Waals surface area contributed by atoms with Crippen LogP contribution in [0.1, 0.15) is 25.3 Å². The number of hydrogen-bond donors (Lipinski definition) is 2. The van der Waals surface area contributed by atoms with Crippen LogP contribution >= 0.6 is 0 Å². The zero-order valence-electron chi connectivity index (χ0n) is 10.0. The molecular formula is C13H20N2O. The first-order valence-corrected chi connectivity index (χ1v) is 5.79. The molecule has 1 aromatic carbocycles. The molecule has 0 aliphatic heterocycles. The van der Waals surface area contributed by atoms with Crippen LogP contribution in [0.2, 0.25) is 0 Å². The van der Waals surface area contributed by atoms with Crippen LogP contribution in [-0.2, 0) is 11.2 Å². The Balaban J connectivity index is 2.43. The van der Waals surface area contributed by atoms with E-state index in [0.29, 0.717) is 6.42 Å². The molecule has 1 rings (SSSR count). The third kappa shape index (κ3) is 4.45. The number of rotatable bonds is 6. The molecule has 0 aliphatic rings. The zero-order chi connectivity index (χ0) is 11.8. The molecule has 0 fully saturated rings. The molecule has 88 valence electrons. The average Bonchev–Trinajstić information content (AvgIpc) is 2.29. The van der Waals surface area contributed by atoms with Gasteiger partial charge in [-0.3, -0.25) is 4.79 Å². The first kappa shape index (κ1) is 12.7. The third-order valence-corrected chi connectivity index (χ3v) is 2.45. The van der Waals surface area contributed by atoms with Gasteiger partial charge in [0.05, 0.1) is 0 Å². The van der Waals surface area contributed by atoms with E-state index < -0.39 is 0 Å². The number of hydrogen-bond acceptors (Lipinski definition) is 2. The van der Waals surface area contributed by atoms with Gasteiger partial charge < -0.3 is 10.6 Å². The summed E-state index contributed by atoms with van der Waals surface area (Å²) in [5.74, 6) is 0.0866. The van der Waals surface area contributed by atoms with Gasteiger partial charge in [0.1, 0.15) is 0 Å². The third-order valence-electron chi connectivity index (χ3n) is 2.45. The van der Waals surface area contributed by atoms with E-state index in [4.69, 9.17) is 0 Å². The van der Waals surface area contributed by atoms with E-state index in [-0.39, 0.29) is 5.91 Å². The highest BCUT2D eigenvalue weighted by Gasteiger charge is 2.01. The highest BCUT2D eigenvalue weighted by molar-refractivity contribution is 5.90. The second-order valence-electron chi connectivity index (χ2n) is 3.81. The van der Waals surface area contributed by atoms with Crippen LogP contribution in [0.25, 0.3) is 0 Å². The Morgan fingerprint density at radius 2 is 2.19 bits per heavy atom. The standard InChI is InChI=1S/C13H20N2O/c1-3-11-6-4-7-12(10-11)15-13(16)8-5-9-14-2/h4,6-7,10,14H,3,5,8-9H2,1-2H3,(H,15,16). The van der Waals surface area contributed by atoms with Crippen molar-refractivity contribution in [3.63, 3.8) is 0 Å². The van der Waals surface area contributed by atoms with Gasteiger partial charge in [-0.25, -0.2) is 0 Å². The second kappa shape index (κ2) is 7.01. The second-order valence-corrected chi connectivity index (χ2v) is 3.81. The number of carbonyl (C=O) groups excluding carboxylic acids is 1. The van der Waals surface area contributed by atoms with Crippen molar-refractivity contribution in [2.24, 2.45) is 0 Å². The summed E-state index contributed by atoms with van der Waals surface area (Å²) in [7, 11) is 1.89. The molecule has 0 aliphatic carbocycles. The van der Waals surface area contributed by atoms with Gasteiger partial charge in [0.25, 0.3) is 0 Å². The van der Waals surface area contributed by atoms with Crippen molar-refractivity contribution in [3.8, 4) is 0 Å². The van der Waals surface area contributed by atoms with Crippen LogP contribution in [0.15, 0.2) is 24.3 Å². The zero-order valence-corrected chi connectivity index (χ0v) is 10.0. The van der Waals surface area contributed by atoms with Crippen LogP contribution < -0.4 is 10.6 Å². The number of nitrogens with one attached hydrogen (secondary N) is 2. The fourth-order valence-electron chi connectivity index (χ4n) is 1.52. The lowest BCUT2D eigenvalue weighted by atomic mass is 10.1. The van der Waals surface area contributed by atoms with Crippen molar-refractivity contribution < 1.29 is 4.79 Å². The van der Waals surface area contributed by atoms with Gasteiger partial charge in [0.15, 0.2) is 0 Å². The van der Waals surface area contributed by atoms with Crippen LogP contribution in [-0.4, -0.2) is 19.5 Å². The molecule has 0 radical (unpaired) electrons. The Bertz CT molecular complexity index is 336. The maximum atomic E-state index is 11.5. The molecular weight excluding hydrogens is 200 g/mol. The SMILES string of the molecule is CCc1cccc(NC(=O)CCCNC)c1. The summed E-state index contributed by atoms with van der Waals surface area (Å²) in [6.07, 6.45) is 2.43. The van der Waals surface area contributed by atoms with Crippen molar-refractivity contribution in [3.05, 3.63) is 29.8 Å². The topological polar surface area (TPSA) is 41.1 Å². The van der Waals surface area contributed by atoms with Crippen LogP contribution in [0.3, 0.4) is 0 Å². The smallest absolute Gasteiger partial charge is 0.224 e. The van der Waals surface area contributed by atoms with Gasteiger partial charge in [-0.1, -0.05) is 19.1 Å². The monoisotopic (exact) mass is 220 g/mol. The molecule has 0 aromatic heterocycles. The van der Waals surface area contributed by atoms with Crippen molar-refractivity contribution in [2.75, 3.05) is 18.9 Å². The van der Waals surface area contributed by atoms with Gasteiger partial charge in [0.2, 0.25) is 5.91 Å². The molecule has 2 N–H and O–H groups in total. The molecule has 1 amide bonds. The van der Waals surface area contributed by atoms with E-state index in [1.54, 1.807) is 0 Å². The fourth-order valence-corrected chi connectivity index (χ4v) is 1.52. The number of aryl methyl sites for hydroxylation is 1. The lowest BCUT2D eigenvalue weighted by Gasteiger charge is -2.06. The lowest BCUT2D eigenvalue weighted by Crippen LogP contribution is -2.15. The fraction of sp³-hybridized carbons (Fsp3) is 0.462. The van der Waals surface area contributed by atoms with E-state index in [9.17, 15) is 4.79 Å². The Kier molecular flexibility index (Phi) is 5.57. The Morgan fingerprint density at radius 1 is 1.38 bits per heavy atom. The minimum Gasteiger partial charge on any atom is -0.326 e. The molecule has 0 spiro atoms. The molecule has 16 heavy (non-hydrogen) atoms. The summed E-state index contributed by atoms with van der Waals surface area (Å²) in [5.41, 5.74) is 2.14. The molecule has 1 aromatic rings. The number of carbonyl (C=O) groups is 1. The summed E-state index contributed by atoms with van der Waals surface area (Å²) in [4.78, 5) is 11.5. The van der Waals surface area contributed by atoms with Crippen LogP contribution in [0, 0.1) is 0 Å². The van der Waals surface area contributed by atoms with E-state index in [1.165, 1.54) is 5.56 Å². The van der Waals surface area contributed by atoms with Crippen molar-refractivity contribution in [2.45, 2.75) is 26.2 Å². The molecule has 0 saturated carbocycles. The molecule has 3 nitrogen and oxygen atoms in total. The first-order chi connectivity index (χ1) is 7.76. The quantitative estimate of drug-likeness (QED) is 0.721. The van der Waals surface area contributed by atoms with E-state index in [0.717, 1.165) is 25.1 Å². The van der Waals surface area contributed by atoms with Crippen LogP contribution in [0.4, 0.5) is 5.69 Å². The average molecular weight is 220 g/mol. The van der Waals surface area contributed by atoms with Gasteiger partial charge >= 0.3 is 0 Å². The van der Waals surface area contributed by atoms with Crippen LogP contribution in [0.5, 0.6) is 0 Å². The normalized spacial score (nSPS) is 10.1. The minimum atomic E-state index is 0.0866. The summed E-state index contributed by atoms with van der Waals surface area (Å²) in [5, 5.41) is 5.93. The molecule has 0 atom stereocenters. The van der Waals surface area contributed by atoms with Gasteiger partial charge in [-0.15, -0.1) is 0 Å². The molecule has 0 saturated heterocycles. The Hall–Kier alpha value is -1.35. The summed E-state index contributed by atoms with van der Waals surface area (Å²) in [6, 6.07) is 7.99. The summed E-state index contributed by atoms with van der Waals surface area (Å²) < 4.78 is 0. The Labute approximate surface area is 97.2 Å². The minimum absolute atomic E-state index is 0.0866. The van der Waals surface area contributed by atoms with Crippen molar-refractivity contribution in [1.29, 1.82) is 0 Å². The number of anilines is 1. The molecule has 0 unspecified atom stereocenters. The number of benzene rings is 1. The highest BCUT2D eigenvalue weighted by atomic mass is 16.1. The maximum absolute atomic E-state index is 11.5. The lowest BCUT2D eigenvalue weighted by molar-refractivity contribution is -0.116. The van der Waals surface area contributed by atoms with Gasteiger partial charge in [0, 0.05) is 12.1 Å². The Morgan fingerprint density at radius 3 is 2.88 bits per heavy atom. The predicted octanol–water partition coefficient (Wildman–Crippen LogP) is 2.19. The van der Waals surface area contributed by atoms with E-state index >= 15 is 0 Å². The predicted molar refractivity (Wildman–Crippen MR) is 67.6 cm³/mol. The first-order valence-electron chi connectivity index (χ1n) is 5.79. The van der Waals surface area contributed by atoms with Gasteiger partial charge in [-0.2, -0.15) is 0 Å². The highest BCUT2D eigenvalue weighted by Crippen LogP contribution is 2.11. The van der Waals surface area contributed by atoms with Crippen molar-refractivity contribution >= 4 is 11.6 Å². The molecule has 3 heteroatoms. The maximum Gasteiger partial charge on any atom is 0.224 e. The largest absolute Gasteiger partial charge is 0.326 e. The van der Waals surface area contributed by atoms with Gasteiger partial charge in [-0.05, 0) is 44.1 Å². The molecule has 0 bridgehead atoms. The van der Waals surface area contributed by atoms with E-state index in [1.807, 2.05) is 25.2 Å². The number of amides is 1. The summed E-state index contributed by atoms with van der Waals surface area (Å²) in [6.45, 7) is 2.98. The van der Waals surface area contributed by atoms with E-state index in [2.05, 4.69) is 23.6 Å². The summed E-state index contributed by atoms with van der Waals surface area (Å²) >= 11 is 0. The van der Waals surface area contributed by atoms with Crippen molar-refractivity contribution in [1.82, 2.24) is 5.32 Å².